The van der Waals surface area contributed by atoms with Crippen LogP contribution in [0.5, 0.6) is 0 Å². The van der Waals surface area contributed by atoms with Crippen LogP contribution in [-0.4, -0.2) is 58.0 Å². The lowest BCUT2D eigenvalue weighted by molar-refractivity contribution is -0.150. The summed E-state index contributed by atoms with van der Waals surface area (Å²) in [6.07, 6.45) is 0.570. The average molecular weight is 405 g/mol. The predicted molar refractivity (Wildman–Crippen MR) is 105 cm³/mol. The third kappa shape index (κ3) is 5.82. The van der Waals surface area contributed by atoms with Crippen molar-refractivity contribution in [3.05, 3.63) is 35.4 Å². The van der Waals surface area contributed by atoms with Crippen LogP contribution in [0.2, 0.25) is 0 Å². The number of benzene rings is 1. The standard InChI is InChI=1S/C19H23N3O5S/c1-13(18(23)21-16-8-9-28(25,26)12-16)27-19(24)15(11-20)10-14-4-6-17(7-5-14)22(2)3/h4-7,10,13,16H,8-9,12H2,1-3H3,(H,21,23)/b15-10+/t13-,16+/m1/s1. The highest BCUT2D eigenvalue weighted by molar-refractivity contribution is 7.91. The quantitative estimate of drug-likeness (QED) is 0.424. The summed E-state index contributed by atoms with van der Waals surface area (Å²) < 4.78 is 28.0. The van der Waals surface area contributed by atoms with Gasteiger partial charge in [0.2, 0.25) is 0 Å². The van der Waals surface area contributed by atoms with Crippen molar-refractivity contribution in [2.24, 2.45) is 0 Å². The molecule has 1 aromatic carbocycles. The molecule has 0 aliphatic carbocycles. The van der Waals surface area contributed by atoms with Gasteiger partial charge in [-0.05, 0) is 37.1 Å². The molecular formula is C19H23N3O5S. The molecule has 1 amide bonds. The summed E-state index contributed by atoms with van der Waals surface area (Å²) in [5.41, 5.74) is 1.38. The molecule has 8 nitrogen and oxygen atoms in total. The van der Waals surface area contributed by atoms with Gasteiger partial charge in [-0.15, -0.1) is 0 Å². The zero-order valence-electron chi connectivity index (χ0n) is 16.0. The van der Waals surface area contributed by atoms with Gasteiger partial charge in [0.15, 0.2) is 15.9 Å². The smallest absolute Gasteiger partial charge is 0.349 e. The third-order valence-electron chi connectivity index (χ3n) is 4.29. The number of anilines is 1. The normalized spacial score (nSPS) is 19.4. The molecular weight excluding hydrogens is 382 g/mol. The summed E-state index contributed by atoms with van der Waals surface area (Å²) in [5.74, 6) is -1.60. The highest BCUT2D eigenvalue weighted by Gasteiger charge is 2.31. The number of esters is 1. The van der Waals surface area contributed by atoms with Gasteiger partial charge in [0.25, 0.3) is 5.91 Å². The van der Waals surface area contributed by atoms with Crippen LogP contribution >= 0.6 is 0 Å². The van der Waals surface area contributed by atoms with Crippen LogP contribution < -0.4 is 10.2 Å². The van der Waals surface area contributed by atoms with E-state index in [-0.39, 0.29) is 17.1 Å². The van der Waals surface area contributed by atoms with E-state index in [0.29, 0.717) is 12.0 Å². The Morgan fingerprint density at radius 2 is 1.96 bits per heavy atom. The van der Waals surface area contributed by atoms with Gasteiger partial charge in [-0.2, -0.15) is 5.26 Å². The van der Waals surface area contributed by atoms with Crippen molar-refractivity contribution in [1.82, 2.24) is 5.32 Å². The Balaban J connectivity index is 1.98. The first kappa shape index (κ1) is 21.4. The fourth-order valence-corrected chi connectivity index (χ4v) is 4.35. The van der Waals surface area contributed by atoms with Gasteiger partial charge < -0.3 is 15.0 Å². The van der Waals surface area contributed by atoms with Gasteiger partial charge in [0.05, 0.1) is 11.5 Å². The van der Waals surface area contributed by atoms with E-state index in [2.05, 4.69) is 5.32 Å². The second-order valence-electron chi connectivity index (χ2n) is 6.81. The predicted octanol–water partition coefficient (Wildman–Crippen LogP) is 0.895. The van der Waals surface area contributed by atoms with Gasteiger partial charge in [-0.3, -0.25) is 4.79 Å². The summed E-state index contributed by atoms with van der Waals surface area (Å²) in [4.78, 5) is 26.3. The van der Waals surface area contributed by atoms with E-state index in [0.717, 1.165) is 5.69 Å². The van der Waals surface area contributed by atoms with E-state index in [4.69, 9.17) is 4.74 Å². The van der Waals surface area contributed by atoms with Gasteiger partial charge in [0, 0.05) is 25.8 Å². The molecule has 0 spiro atoms. The van der Waals surface area contributed by atoms with Crippen LogP contribution in [0.3, 0.4) is 0 Å². The van der Waals surface area contributed by atoms with E-state index in [1.807, 2.05) is 31.1 Å². The van der Waals surface area contributed by atoms with Crippen molar-refractivity contribution in [2.75, 3.05) is 30.5 Å². The number of amides is 1. The molecule has 0 aromatic heterocycles. The molecule has 2 atom stereocenters. The molecule has 2 rings (SSSR count). The summed E-state index contributed by atoms with van der Waals surface area (Å²) in [6, 6.07) is 8.51. The van der Waals surface area contributed by atoms with Crippen molar-refractivity contribution in [2.45, 2.75) is 25.5 Å². The Kier molecular flexibility index (Phi) is 6.80. The Bertz CT molecular complexity index is 914. The Morgan fingerprint density at radius 1 is 1.32 bits per heavy atom. The first-order chi connectivity index (χ1) is 13.1. The lowest BCUT2D eigenvalue weighted by Crippen LogP contribution is -2.42. The van der Waals surface area contributed by atoms with Crippen molar-refractivity contribution in [1.29, 1.82) is 5.26 Å². The third-order valence-corrected chi connectivity index (χ3v) is 6.06. The number of rotatable bonds is 6. The molecule has 0 unspecified atom stereocenters. The number of sulfone groups is 1. The van der Waals surface area contributed by atoms with Gasteiger partial charge in [0.1, 0.15) is 11.6 Å². The summed E-state index contributed by atoms with van der Waals surface area (Å²) in [6.45, 7) is 1.37. The summed E-state index contributed by atoms with van der Waals surface area (Å²) in [7, 11) is 0.670. The molecule has 0 saturated carbocycles. The zero-order chi connectivity index (χ0) is 20.9. The number of nitrogens with one attached hydrogen (secondary N) is 1. The molecule has 0 radical (unpaired) electrons. The first-order valence-corrected chi connectivity index (χ1v) is 10.5. The Hall–Kier alpha value is -2.86. The van der Waals surface area contributed by atoms with Crippen LogP contribution in [-0.2, 0) is 24.2 Å². The van der Waals surface area contributed by atoms with Crippen molar-refractivity contribution in [3.63, 3.8) is 0 Å². The van der Waals surface area contributed by atoms with Crippen molar-refractivity contribution >= 4 is 33.5 Å². The van der Waals surface area contributed by atoms with E-state index in [1.54, 1.807) is 18.2 Å². The molecule has 1 fully saturated rings. The van der Waals surface area contributed by atoms with Crippen LogP contribution in [0.1, 0.15) is 18.9 Å². The van der Waals surface area contributed by atoms with E-state index in [1.165, 1.54) is 13.0 Å². The maximum Gasteiger partial charge on any atom is 0.349 e. The van der Waals surface area contributed by atoms with E-state index >= 15 is 0 Å². The molecule has 1 aliphatic heterocycles. The topological polar surface area (TPSA) is 117 Å². The maximum absolute atomic E-state index is 12.2. The minimum absolute atomic E-state index is 0.0278. The monoisotopic (exact) mass is 405 g/mol. The van der Waals surface area contributed by atoms with Crippen LogP contribution in [0.25, 0.3) is 6.08 Å². The van der Waals surface area contributed by atoms with E-state index in [9.17, 15) is 23.3 Å². The molecule has 1 saturated heterocycles. The number of ether oxygens (including phenoxy) is 1. The highest BCUT2D eigenvalue weighted by atomic mass is 32.2. The molecule has 1 aliphatic rings. The molecule has 1 N–H and O–H groups in total. The Morgan fingerprint density at radius 3 is 2.46 bits per heavy atom. The highest BCUT2D eigenvalue weighted by Crippen LogP contribution is 2.16. The molecule has 150 valence electrons. The largest absolute Gasteiger partial charge is 0.448 e. The SMILES string of the molecule is C[C@@H](OC(=O)/C(C#N)=C/c1ccc(N(C)C)cc1)C(=O)N[C@H]1CCS(=O)(=O)C1. The van der Waals surface area contributed by atoms with Crippen molar-refractivity contribution < 1.29 is 22.7 Å². The molecule has 9 heteroatoms. The maximum atomic E-state index is 12.2. The lowest BCUT2D eigenvalue weighted by atomic mass is 10.1. The van der Waals surface area contributed by atoms with Crippen LogP contribution in [0, 0.1) is 11.3 Å². The first-order valence-electron chi connectivity index (χ1n) is 8.72. The number of carbonyl (C=O) groups excluding carboxylic acids is 2. The minimum Gasteiger partial charge on any atom is -0.448 e. The Labute approximate surface area is 164 Å². The summed E-state index contributed by atoms with van der Waals surface area (Å²) in [5, 5.41) is 11.8. The lowest BCUT2D eigenvalue weighted by Gasteiger charge is -2.16. The van der Waals surface area contributed by atoms with Crippen LogP contribution in [0.4, 0.5) is 5.69 Å². The summed E-state index contributed by atoms with van der Waals surface area (Å²) >= 11 is 0. The number of nitrogens with zero attached hydrogens (tertiary/aromatic N) is 2. The van der Waals surface area contributed by atoms with Crippen molar-refractivity contribution in [3.8, 4) is 6.07 Å². The second kappa shape index (κ2) is 8.89. The molecule has 0 bridgehead atoms. The number of carbonyl (C=O) groups is 2. The molecule has 1 aromatic rings. The van der Waals surface area contributed by atoms with E-state index < -0.39 is 33.9 Å². The van der Waals surface area contributed by atoms with Gasteiger partial charge >= 0.3 is 5.97 Å². The fourth-order valence-electron chi connectivity index (χ4n) is 2.68. The molecule has 28 heavy (non-hydrogen) atoms. The number of nitriles is 1. The number of hydrogen-bond acceptors (Lipinski definition) is 7. The molecule has 1 heterocycles. The second-order valence-corrected chi connectivity index (χ2v) is 9.04. The average Bonchev–Trinajstić information content (AvgIpc) is 2.98. The minimum atomic E-state index is -3.13. The van der Waals surface area contributed by atoms with Crippen LogP contribution in [0.15, 0.2) is 29.8 Å². The fraction of sp³-hybridized carbons (Fsp3) is 0.421. The van der Waals surface area contributed by atoms with Gasteiger partial charge in [-0.1, -0.05) is 12.1 Å². The zero-order valence-corrected chi connectivity index (χ0v) is 16.8. The van der Waals surface area contributed by atoms with Gasteiger partial charge in [-0.25, -0.2) is 13.2 Å². The number of hydrogen-bond donors (Lipinski definition) is 1.